The Labute approximate surface area is 148 Å². The Kier molecular flexibility index (Phi) is 7.64. The molecule has 0 radical (unpaired) electrons. The maximum Gasteiger partial charge on any atom is 0.383 e. The van der Waals surface area contributed by atoms with Crippen LogP contribution in [0.15, 0.2) is 27.4 Å². The zero-order valence-electron chi connectivity index (χ0n) is 15.2. The van der Waals surface area contributed by atoms with Gasteiger partial charge in [0.1, 0.15) is 16.7 Å². The van der Waals surface area contributed by atoms with Crippen molar-refractivity contribution in [3.63, 3.8) is 0 Å². The molecular formula is C20H28O5. The monoisotopic (exact) mass is 348 g/mol. The molecule has 1 aromatic heterocycles. The Morgan fingerprint density at radius 3 is 2.40 bits per heavy atom. The molecule has 2 rings (SSSR count). The van der Waals surface area contributed by atoms with Crippen molar-refractivity contribution in [3.05, 3.63) is 28.6 Å². The molecule has 0 amide bonds. The van der Waals surface area contributed by atoms with Crippen LogP contribution < -0.4 is 15.1 Å². The molecule has 0 aliphatic rings. The third-order valence-electron chi connectivity index (χ3n) is 4.29. The lowest BCUT2D eigenvalue weighted by molar-refractivity contribution is 0.275. The van der Waals surface area contributed by atoms with Crippen molar-refractivity contribution in [1.29, 1.82) is 0 Å². The number of methoxy groups -OCH3 is 1. The Bertz CT molecular complexity index is 720. The fraction of sp³-hybridized carbons (Fsp3) is 0.550. The molecule has 0 aliphatic carbocycles. The van der Waals surface area contributed by atoms with Gasteiger partial charge in [0.05, 0.1) is 13.7 Å². The molecule has 2 aromatic rings. The van der Waals surface area contributed by atoms with Gasteiger partial charge in [-0.05, 0) is 18.6 Å². The van der Waals surface area contributed by atoms with Crippen molar-refractivity contribution in [2.75, 3.05) is 13.7 Å². The molecule has 0 aliphatic heterocycles. The summed E-state index contributed by atoms with van der Waals surface area (Å²) in [6.07, 6.45) is 9.45. The quantitative estimate of drug-likeness (QED) is 0.456. The minimum atomic E-state index is -0.669. The number of rotatable bonds is 11. The van der Waals surface area contributed by atoms with Gasteiger partial charge in [0.2, 0.25) is 5.75 Å². The average molecular weight is 348 g/mol. The first kappa shape index (κ1) is 19.2. The molecule has 0 spiro atoms. The third kappa shape index (κ3) is 5.15. The SMILES string of the molecule is CCCCCCCCCCOc1c(O)c2c(OC)cccc2oc1=O. The number of hydrogen-bond acceptors (Lipinski definition) is 5. The molecule has 138 valence electrons. The summed E-state index contributed by atoms with van der Waals surface area (Å²) in [5, 5.41) is 10.8. The van der Waals surface area contributed by atoms with Crippen LogP contribution in [0.4, 0.5) is 0 Å². The Morgan fingerprint density at radius 2 is 1.72 bits per heavy atom. The van der Waals surface area contributed by atoms with Gasteiger partial charge in [-0.1, -0.05) is 57.9 Å². The number of aromatic hydroxyl groups is 1. The highest BCUT2D eigenvalue weighted by Crippen LogP contribution is 2.37. The summed E-state index contributed by atoms with van der Waals surface area (Å²) < 4.78 is 16.0. The summed E-state index contributed by atoms with van der Waals surface area (Å²) in [4.78, 5) is 12.0. The zero-order valence-corrected chi connectivity index (χ0v) is 15.2. The van der Waals surface area contributed by atoms with E-state index in [1.54, 1.807) is 18.2 Å². The number of benzene rings is 1. The van der Waals surface area contributed by atoms with Crippen molar-refractivity contribution in [2.24, 2.45) is 0 Å². The second-order valence-corrected chi connectivity index (χ2v) is 6.22. The average Bonchev–Trinajstić information content (AvgIpc) is 2.61. The smallest absolute Gasteiger partial charge is 0.383 e. The number of hydrogen-bond donors (Lipinski definition) is 1. The predicted molar refractivity (Wildman–Crippen MR) is 98.8 cm³/mol. The molecule has 0 bridgehead atoms. The fourth-order valence-electron chi connectivity index (χ4n) is 2.89. The Hall–Kier alpha value is -2.17. The van der Waals surface area contributed by atoms with Gasteiger partial charge in [-0.2, -0.15) is 0 Å². The summed E-state index contributed by atoms with van der Waals surface area (Å²) >= 11 is 0. The van der Waals surface area contributed by atoms with Gasteiger partial charge in [-0.3, -0.25) is 0 Å². The summed E-state index contributed by atoms with van der Waals surface area (Å²) in [6, 6.07) is 5.01. The molecule has 1 heterocycles. The predicted octanol–water partition coefficient (Wildman–Crippen LogP) is 5.03. The molecule has 0 saturated carbocycles. The normalized spacial score (nSPS) is 11.0. The summed E-state index contributed by atoms with van der Waals surface area (Å²) in [5.41, 5.74) is -0.390. The van der Waals surface area contributed by atoms with Crippen LogP contribution in [-0.4, -0.2) is 18.8 Å². The van der Waals surface area contributed by atoms with E-state index >= 15 is 0 Å². The summed E-state index contributed by atoms with van der Waals surface area (Å²) in [6.45, 7) is 2.60. The van der Waals surface area contributed by atoms with E-state index in [4.69, 9.17) is 13.9 Å². The highest BCUT2D eigenvalue weighted by atomic mass is 16.5. The van der Waals surface area contributed by atoms with Crippen molar-refractivity contribution < 1.29 is 19.0 Å². The van der Waals surface area contributed by atoms with Crippen LogP contribution in [0.25, 0.3) is 11.0 Å². The largest absolute Gasteiger partial charge is 0.503 e. The summed E-state index contributed by atoms with van der Waals surface area (Å²) in [5.74, 6) is 0.0823. The molecule has 0 fully saturated rings. The Balaban J connectivity index is 1.90. The number of fused-ring (bicyclic) bond motifs is 1. The van der Waals surface area contributed by atoms with E-state index in [2.05, 4.69) is 6.92 Å². The van der Waals surface area contributed by atoms with E-state index in [0.29, 0.717) is 17.7 Å². The Morgan fingerprint density at radius 1 is 1.04 bits per heavy atom. The third-order valence-corrected chi connectivity index (χ3v) is 4.29. The molecular weight excluding hydrogens is 320 g/mol. The maximum atomic E-state index is 12.0. The number of unbranched alkanes of at least 4 members (excludes halogenated alkanes) is 7. The lowest BCUT2D eigenvalue weighted by Crippen LogP contribution is -2.09. The van der Waals surface area contributed by atoms with Crippen molar-refractivity contribution >= 4 is 11.0 Å². The second-order valence-electron chi connectivity index (χ2n) is 6.22. The van der Waals surface area contributed by atoms with Crippen molar-refractivity contribution in [1.82, 2.24) is 0 Å². The minimum absolute atomic E-state index is 0.139. The standard InChI is InChI=1S/C20H28O5/c1-3-4-5-6-7-8-9-10-14-24-19-18(21)17-15(23-2)12-11-13-16(17)25-20(19)22/h11-13,21H,3-10,14H2,1-2H3. The fourth-order valence-corrected chi connectivity index (χ4v) is 2.89. The lowest BCUT2D eigenvalue weighted by atomic mass is 10.1. The molecule has 5 nitrogen and oxygen atoms in total. The second kappa shape index (κ2) is 9.97. The van der Waals surface area contributed by atoms with Crippen LogP contribution in [0, 0.1) is 0 Å². The van der Waals surface area contributed by atoms with E-state index in [1.807, 2.05) is 0 Å². The number of ether oxygens (including phenoxy) is 2. The highest BCUT2D eigenvalue weighted by molar-refractivity contribution is 5.91. The van der Waals surface area contributed by atoms with Gasteiger partial charge in [0.15, 0.2) is 5.75 Å². The van der Waals surface area contributed by atoms with Gasteiger partial charge in [-0.15, -0.1) is 0 Å². The van der Waals surface area contributed by atoms with Crippen LogP contribution in [0.2, 0.25) is 0 Å². The zero-order chi connectivity index (χ0) is 18.1. The highest BCUT2D eigenvalue weighted by Gasteiger charge is 2.18. The minimum Gasteiger partial charge on any atom is -0.503 e. The molecule has 0 unspecified atom stereocenters. The van der Waals surface area contributed by atoms with Crippen LogP contribution in [0.3, 0.4) is 0 Å². The van der Waals surface area contributed by atoms with Crippen molar-refractivity contribution in [3.8, 4) is 17.2 Å². The molecule has 5 heteroatoms. The van der Waals surface area contributed by atoms with E-state index in [1.165, 1.54) is 45.6 Å². The van der Waals surface area contributed by atoms with Gasteiger partial charge in [0.25, 0.3) is 0 Å². The summed E-state index contributed by atoms with van der Waals surface area (Å²) in [7, 11) is 1.50. The topological polar surface area (TPSA) is 68.9 Å². The lowest BCUT2D eigenvalue weighted by Gasteiger charge is -2.10. The molecule has 25 heavy (non-hydrogen) atoms. The first-order valence-electron chi connectivity index (χ1n) is 9.14. The van der Waals surface area contributed by atoms with Gasteiger partial charge in [0, 0.05) is 0 Å². The van der Waals surface area contributed by atoms with E-state index < -0.39 is 5.63 Å². The molecule has 1 N–H and O–H groups in total. The van der Waals surface area contributed by atoms with Gasteiger partial charge < -0.3 is 19.0 Å². The van der Waals surface area contributed by atoms with Crippen LogP contribution in [-0.2, 0) is 0 Å². The van der Waals surface area contributed by atoms with Crippen LogP contribution in [0.5, 0.6) is 17.2 Å². The maximum absolute atomic E-state index is 12.0. The van der Waals surface area contributed by atoms with Crippen LogP contribution in [0.1, 0.15) is 58.3 Å². The van der Waals surface area contributed by atoms with Crippen molar-refractivity contribution in [2.45, 2.75) is 58.3 Å². The molecule has 0 saturated heterocycles. The van der Waals surface area contributed by atoms with Gasteiger partial charge >= 0.3 is 5.63 Å². The first-order valence-corrected chi connectivity index (χ1v) is 9.14. The molecule has 0 atom stereocenters. The van der Waals surface area contributed by atoms with E-state index in [9.17, 15) is 9.90 Å². The first-order chi connectivity index (χ1) is 12.2. The van der Waals surface area contributed by atoms with Crippen LogP contribution >= 0.6 is 0 Å². The van der Waals surface area contributed by atoms with E-state index in [0.717, 1.165) is 12.8 Å². The van der Waals surface area contributed by atoms with E-state index in [-0.39, 0.29) is 17.1 Å². The molecule has 1 aromatic carbocycles. The van der Waals surface area contributed by atoms with Gasteiger partial charge in [-0.25, -0.2) is 4.79 Å².